The highest BCUT2D eigenvalue weighted by atomic mass is 16.2. The van der Waals surface area contributed by atoms with Crippen LogP contribution in [0.4, 0.5) is 0 Å². The van der Waals surface area contributed by atoms with Crippen molar-refractivity contribution in [3.63, 3.8) is 0 Å². The molecule has 1 aliphatic rings. The maximum absolute atomic E-state index is 12.1. The second-order valence-electron chi connectivity index (χ2n) is 3.87. The number of carbonyl (C=O) groups excluding carboxylic acids is 1. The first-order chi connectivity index (χ1) is 8.70. The molecule has 0 N–H and O–H groups in total. The van der Waals surface area contributed by atoms with Crippen LogP contribution >= 0.6 is 0 Å². The zero-order valence-electron chi connectivity index (χ0n) is 11.4. The SMILES string of the molecule is C=CC1=CCCN(C(=O)c2ccn(C)n2)C1.CC. The molecule has 0 unspecified atom stereocenters. The van der Waals surface area contributed by atoms with E-state index >= 15 is 0 Å². The van der Waals surface area contributed by atoms with Crippen molar-refractivity contribution in [3.05, 3.63) is 42.3 Å². The van der Waals surface area contributed by atoms with Crippen LogP contribution in [0, 0.1) is 0 Å². The predicted molar refractivity (Wildman–Crippen MR) is 73.4 cm³/mol. The molecule has 0 aliphatic carbocycles. The summed E-state index contributed by atoms with van der Waals surface area (Å²) in [5.74, 6) is -0.00644. The van der Waals surface area contributed by atoms with E-state index < -0.39 is 0 Å². The number of rotatable bonds is 2. The fourth-order valence-corrected chi connectivity index (χ4v) is 1.78. The topological polar surface area (TPSA) is 38.1 Å². The van der Waals surface area contributed by atoms with Gasteiger partial charge in [-0.25, -0.2) is 0 Å². The maximum atomic E-state index is 12.1. The molecule has 1 aromatic rings. The van der Waals surface area contributed by atoms with E-state index in [2.05, 4.69) is 17.8 Å². The highest BCUT2D eigenvalue weighted by Crippen LogP contribution is 2.12. The first kappa shape index (κ1) is 14.2. The molecule has 98 valence electrons. The van der Waals surface area contributed by atoms with E-state index in [1.54, 1.807) is 27.9 Å². The van der Waals surface area contributed by atoms with Gasteiger partial charge in [0.1, 0.15) is 5.69 Å². The predicted octanol–water partition coefficient (Wildman–Crippen LogP) is 2.40. The zero-order valence-corrected chi connectivity index (χ0v) is 11.4. The molecule has 18 heavy (non-hydrogen) atoms. The van der Waals surface area contributed by atoms with Crippen molar-refractivity contribution in [1.82, 2.24) is 14.7 Å². The lowest BCUT2D eigenvalue weighted by Crippen LogP contribution is -2.35. The van der Waals surface area contributed by atoms with E-state index in [1.165, 1.54) is 0 Å². The molecule has 0 spiro atoms. The zero-order chi connectivity index (χ0) is 13.5. The largest absolute Gasteiger partial charge is 0.333 e. The Morgan fingerprint density at radius 1 is 1.50 bits per heavy atom. The van der Waals surface area contributed by atoms with Gasteiger partial charge in [-0.05, 0) is 18.1 Å². The van der Waals surface area contributed by atoms with Gasteiger partial charge in [0.15, 0.2) is 0 Å². The molecule has 1 amide bonds. The number of aromatic nitrogens is 2. The minimum atomic E-state index is -0.00644. The van der Waals surface area contributed by atoms with E-state index in [0.29, 0.717) is 12.2 Å². The molecule has 4 nitrogen and oxygen atoms in total. The summed E-state index contributed by atoms with van der Waals surface area (Å²) in [6, 6.07) is 1.74. The van der Waals surface area contributed by atoms with Gasteiger partial charge in [-0.1, -0.05) is 32.6 Å². The number of amides is 1. The highest BCUT2D eigenvalue weighted by Gasteiger charge is 2.20. The van der Waals surface area contributed by atoms with E-state index in [-0.39, 0.29) is 5.91 Å². The normalized spacial score (nSPS) is 14.4. The van der Waals surface area contributed by atoms with Gasteiger partial charge in [0.2, 0.25) is 0 Å². The number of hydrogen-bond acceptors (Lipinski definition) is 2. The molecule has 0 fully saturated rings. The number of nitrogens with zero attached hydrogens (tertiary/aromatic N) is 3. The lowest BCUT2D eigenvalue weighted by Gasteiger charge is -2.25. The second-order valence-corrected chi connectivity index (χ2v) is 3.87. The molecule has 0 radical (unpaired) electrons. The van der Waals surface area contributed by atoms with Gasteiger partial charge in [-0.2, -0.15) is 5.10 Å². The van der Waals surface area contributed by atoms with E-state index in [9.17, 15) is 4.79 Å². The minimum absolute atomic E-state index is 0.00644. The molecule has 0 atom stereocenters. The number of aryl methyl sites for hydroxylation is 1. The first-order valence-corrected chi connectivity index (χ1v) is 6.31. The summed E-state index contributed by atoms with van der Waals surface area (Å²) >= 11 is 0. The molecule has 2 heterocycles. The van der Waals surface area contributed by atoms with Crippen LogP contribution in [0.2, 0.25) is 0 Å². The Labute approximate surface area is 109 Å². The summed E-state index contributed by atoms with van der Waals surface area (Å²) in [5.41, 5.74) is 1.61. The van der Waals surface area contributed by atoms with Crippen molar-refractivity contribution in [2.75, 3.05) is 13.1 Å². The second kappa shape index (κ2) is 6.79. The molecule has 0 bridgehead atoms. The number of hydrogen-bond donors (Lipinski definition) is 0. The Bertz CT molecular complexity index is 446. The van der Waals surface area contributed by atoms with Crippen molar-refractivity contribution >= 4 is 5.91 Å². The molecule has 0 saturated carbocycles. The average Bonchev–Trinajstić information content (AvgIpc) is 2.87. The average molecular weight is 247 g/mol. The van der Waals surface area contributed by atoms with Crippen LogP contribution in [0.5, 0.6) is 0 Å². The molecular formula is C14H21N3O. The lowest BCUT2D eigenvalue weighted by molar-refractivity contribution is 0.0761. The van der Waals surface area contributed by atoms with E-state index in [0.717, 1.165) is 18.5 Å². The smallest absolute Gasteiger partial charge is 0.274 e. The Hall–Kier alpha value is -1.84. The fraction of sp³-hybridized carbons (Fsp3) is 0.429. The van der Waals surface area contributed by atoms with Crippen molar-refractivity contribution in [2.24, 2.45) is 7.05 Å². The van der Waals surface area contributed by atoms with Gasteiger partial charge in [-0.15, -0.1) is 0 Å². The Morgan fingerprint density at radius 3 is 2.78 bits per heavy atom. The van der Waals surface area contributed by atoms with Crippen molar-refractivity contribution < 1.29 is 4.79 Å². The van der Waals surface area contributed by atoms with Crippen LogP contribution in [0.3, 0.4) is 0 Å². The van der Waals surface area contributed by atoms with Gasteiger partial charge < -0.3 is 4.90 Å². The monoisotopic (exact) mass is 247 g/mol. The highest BCUT2D eigenvalue weighted by molar-refractivity contribution is 5.92. The summed E-state index contributed by atoms with van der Waals surface area (Å²) in [6.07, 6.45) is 6.59. The van der Waals surface area contributed by atoms with Crippen LogP contribution in [0.1, 0.15) is 30.8 Å². The Morgan fingerprint density at radius 2 is 2.22 bits per heavy atom. The standard InChI is InChI=1S/C12H15N3O.C2H6/c1-3-10-5-4-7-15(9-10)12(16)11-6-8-14(2)13-11;1-2/h3,5-6,8H,1,4,7,9H2,2H3;1-2H3. The summed E-state index contributed by atoms with van der Waals surface area (Å²) in [4.78, 5) is 13.9. The Balaban J connectivity index is 0.000000771. The molecule has 1 aromatic heterocycles. The third-order valence-electron chi connectivity index (χ3n) is 2.66. The number of carbonyl (C=O) groups is 1. The van der Waals surface area contributed by atoms with Gasteiger partial charge in [-0.3, -0.25) is 9.48 Å². The third-order valence-corrected chi connectivity index (χ3v) is 2.66. The summed E-state index contributed by atoms with van der Waals surface area (Å²) in [5, 5.41) is 4.12. The van der Waals surface area contributed by atoms with Gasteiger partial charge in [0.25, 0.3) is 5.91 Å². The molecular weight excluding hydrogens is 226 g/mol. The van der Waals surface area contributed by atoms with Crippen LogP contribution in [-0.4, -0.2) is 33.7 Å². The molecule has 4 heteroatoms. The van der Waals surface area contributed by atoms with Crippen molar-refractivity contribution in [2.45, 2.75) is 20.3 Å². The van der Waals surface area contributed by atoms with Crippen LogP contribution < -0.4 is 0 Å². The maximum Gasteiger partial charge on any atom is 0.274 e. The van der Waals surface area contributed by atoms with Crippen LogP contribution in [-0.2, 0) is 7.05 Å². The first-order valence-electron chi connectivity index (χ1n) is 6.31. The van der Waals surface area contributed by atoms with Crippen molar-refractivity contribution in [1.29, 1.82) is 0 Å². The molecule has 2 rings (SSSR count). The van der Waals surface area contributed by atoms with Crippen LogP contribution in [0.15, 0.2) is 36.6 Å². The lowest BCUT2D eigenvalue weighted by atomic mass is 10.1. The van der Waals surface area contributed by atoms with Gasteiger partial charge >= 0.3 is 0 Å². The summed E-state index contributed by atoms with van der Waals surface area (Å²) < 4.78 is 1.64. The van der Waals surface area contributed by atoms with Crippen LogP contribution in [0.25, 0.3) is 0 Å². The summed E-state index contributed by atoms with van der Waals surface area (Å²) in [7, 11) is 1.81. The molecule has 0 aromatic carbocycles. The molecule has 1 aliphatic heterocycles. The van der Waals surface area contributed by atoms with E-state index in [4.69, 9.17) is 0 Å². The summed E-state index contributed by atoms with van der Waals surface area (Å²) in [6.45, 7) is 9.12. The molecule has 0 saturated heterocycles. The van der Waals surface area contributed by atoms with Crippen molar-refractivity contribution in [3.8, 4) is 0 Å². The Kier molecular flexibility index (Phi) is 5.36. The third kappa shape index (κ3) is 3.32. The minimum Gasteiger partial charge on any atom is -0.333 e. The fourth-order valence-electron chi connectivity index (χ4n) is 1.78. The quantitative estimate of drug-likeness (QED) is 0.805. The van der Waals surface area contributed by atoms with E-state index in [1.807, 2.05) is 20.9 Å². The van der Waals surface area contributed by atoms with Gasteiger partial charge in [0.05, 0.1) is 0 Å². The van der Waals surface area contributed by atoms with Gasteiger partial charge in [0, 0.05) is 26.3 Å².